The molecule has 0 aliphatic rings. The van der Waals surface area contributed by atoms with Crippen LogP contribution in [0.15, 0.2) is 24.3 Å². The number of aromatic nitrogens is 2. The van der Waals surface area contributed by atoms with Crippen molar-refractivity contribution in [3.63, 3.8) is 0 Å². The van der Waals surface area contributed by atoms with Crippen LogP contribution in [0.25, 0.3) is 11.4 Å². The van der Waals surface area contributed by atoms with Crippen molar-refractivity contribution in [3.05, 3.63) is 46.8 Å². The van der Waals surface area contributed by atoms with Gasteiger partial charge in [0.1, 0.15) is 0 Å². The second kappa shape index (κ2) is 5.27. The van der Waals surface area contributed by atoms with E-state index in [1.165, 1.54) is 5.56 Å². The summed E-state index contributed by atoms with van der Waals surface area (Å²) < 4.78 is 0. The lowest BCUT2D eigenvalue weighted by molar-refractivity contribution is 0.299. The van der Waals surface area contributed by atoms with Crippen LogP contribution < -0.4 is 0 Å². The van der Waals surface area contributed by atoms with Gasteiger partial charge >= 0.3 is 0 Å². The van der Waals surface area contributed by atoms with Crippen LogP contribution in [0.2, 0.25) is 0 Å². The van der Waals surface area contributed by atoms with Gasteiger partial charge in [0.15, 0.2) is 5.82 Å². The van der Waals surface area contributed by atoms with Crippen LogP contribution in [0.5, 0.6) is 0 Å². The highest BCUT2D eigenvalue weighted by atomic mass is 16.2. The first-order valence-electron chi connectivity index (χ1n) is 6.14. The fourth-order valence-corrected chi connectivity index (χ4v) is 2.16. The molecule has 0 saturated carbocycles. The molecule has 3 heteroatoms. The molecule has 0 atom stereocenters. The molecule has 3 nitrogen and oxygen atoms in total. The zero-order valence-electron chi connectivity index (χ0n) is 11.1. The van der Waals surface area contributed by atoms with E-state index >= 15 is 0 Å². The maximum atomic E-state index is 9.04. The molecule has 2 aromatic rings. The molecule has 0 fully saturated rings. The molecule has 0 radical (unpaired) electrons. The van der Waals surface area contributed by atoms with Crippen molar-refractivity contribution in [2.45, 2.75) is 27.2 Å². The minimum atomic E-state index is 0.134. The Morgan fingerprint density at radius 1 is 1.00 bits per heavy atom. The molecule has 0 saturated heterocycles. The Kier molecular flexibility index (Phi) is 3.72. The third kappa shape index (κ3) is 2.41. The van der Waals surface area contributed by atoms with E-state index in [4.69, 9.17) is 5.11 Å². The first-order valence-corrected chi connectivity index (χ1v) is 6.14. The first kappa shape index (κ1) is 12.7. The molecular formula is C15H18N2O. The maximum absolute atomic E-state index is 9.04. The summed E-state index contributed by atoms with van der Waals surface area (Å²) in [4.78, 5) is 9.12. The van der Waals surface area contributed by atoms with Crippen molar-refractivity contribution in [1.82, 2.24) is 9.97 Å². The van der Waals surface area contributed by atoms with Gasteiger partial charge in [0.2, 0.25) is 0 Å². The summed E-state index contributed by atoms with van der Waals surface area (Å²) in [5.74, 6) is 0.768. The average Bonchev–Trinajstić information content (AvgIpc) is 2.34. The smallest absolute Gasteiger partial charge is 0.159 e. The molecule has 0 aliphatic heterocycles. The highest BCUT2D eigenvalue weighted by Crippen LogP contribution is 2.22. The van der Waals surface area contributed by atoms with Crippen molar-refractivity contribution in [2.75, 3.05) is 6.61 Å². The van der Waals surface area contributed by atoms with Crippen molar-refractivity contribution < 1.29 is 5.11 Å². The minimum absolute atomic E-state index is 0.134. The largest absolute Gasteiger partial charge is 0.396 e. The van der Waals surface area contributed by atoms with Gasteiger partial charge in [0.25, 0.3) is 0 Å². The van der Waals surface area contributed by atoms with E-state index in [9.17, 15) is 0 Å². The molecular weight excluding hydrogens is 224 g/mol. The zero-order valence-corrected chi connectivity index (χ0v) is 11.1. The zero-order chi connectivity index (χ0) is 13.1. The van der Waals surface area contributed by atoms with Crippen LogP contribution in [0.4, 0.5) is 0 Å². The average molecular weight is 242 g/mol. The van der Waals surface area contributed by atoms with Gasteiger partial charge in [-0.25, -0.2) is 9.97 Å². The summed E-state index contributed by atoms with van der Waals surface area (Å²) >= 11 is 0. The Hall–Kier alpha value is -1.74. The topological polar surface area (TPSA) is 46.0 Å². The quantitative estimate of drug-likeness (QED) is 0.900. The molecule has 0 bridgehead atoms. The Labute approximate surface area is 108 Å². The van der Waals surface area contributed by atoms with E-state index in [0.29, 0.717) is 6.42 Å². The Morgan fingerprint density at radius 2 is 1.61 bits per heavy atom. The first-order chi connectivity index (χ1) is 8.63. The Bertz CT molecular complexity index is 541. The second-order valence-corrected chi connectivity index (χ2v) is 4.49. The summed E-state index contributed by atoms with van der Waals surface area (Å²) in [6.07, 6.45) is 0.617. The molecule has 1 aromatic heterocycles. The minimum Gasteiger partial charge on any atom is -0.396 e. The molecule has 0 unspecified atom stereocenters. The van der Waals surface area contributed by atoms with Crippen LogP contribution in [0, 0.1) is 20.8 Å². The van der Waals surface area contributed by atoms with Gasteiger partial charge in [0, 0.05) is 23.6 Å². The number of nitrogens with zero attached hydrogens (tertiary/aromatic N) is 2. The SMILES string of the molecule is Cc1ccccc1-c1nc(C)c(CCO)c(C)n1. The molecule has 1 heterocycles. The monoisotopic (exact) mass is 242 g/mol. The number of rotatable bonds is 3. The summed E-state index contributed by atoms with van der Waals surface area (Å²) in [5.41, 5.74) is 5.20. The summed E-state index contributed by atoms with van der Waals surface area (Å²) in [6.45, 7) is 6.14. The van der Waals surface area contributed by atoms with E-state index < -0.39 is 0 Å². The molecule has 0 aliphatic carbocycles. The van der Waals surface area contributed by atoms with E-state index in [0.717, 1.165) is 28.3 Å². The van der Waals surface area contributed by atoms with E-state index in [-0.39, 0.29) is 6.61 Å². The lowest BCUT2D eigenvalue weighted by Crippen LogP contribution is -2.05. The van der Waals surface area contributed by atoms with Crippen LogP contribution in [-0.2, 0) is 6.42 Å². The summed E-state index contributed by atoms with van der Waals surface area (Å²) in [6, 6.07) is 8.11. The van der Waals surface area contributed by atoms with Crippen molar-refractivity contribution in [3.8, 4) is 11.4 Å². The van der Waals surface area contributed by atoms with Gasteiger partial charge in [-0.1, -0.05) is 24.3 Å². The van der Waals surface area contributed by atoms with E-state index in [2.05, 4.69) is 23.0 Å². The number of hydrogen-bond acceptors (Lipinski definition) is 3. The number of aliphatic hydroxyl groups excluding tert-OH is 1. The molecule has 1 N–H and O–H groups in total. The standard InChI is InChI=1S/C15H18N2O/c1-10-6-4-5-7-13(10)15-16-11(2)14(8-9-18)12(3)17-15/h4-7,18H,8-9H2,1-3H3. The van der Waals surface area contributed by atoms with Crippen molar-refractivity contribution >= 4 is 0 Å². The fraction of sp³-hybridized carbons (Fsp3) is 0.333. The predicted octanol–water partition coefficient (Wildman–Crippen LogP) is 2.60. The molecule has 0 amide bonds. The molecule has 2 rings (SSSR count). The number of benzene rings is 1. The van der Waals surface area contributed by atoms with Gasteiger partial charge in [-0.15, -0.1) is 0 Å². The molecule has 1 aromatic carbocycles. The number of hydrogen-bond donors (Lipinski definition) is 1. The fourth-order valence-electron chi connectivity index (χ4n) is 2.16. The van der Waals surface area contributed by atoms with Crippen LogP contribution in [0.3, 0.4) is 0 Å². The second-order valence-electron chi connectivity index (χ2n) is 4.49. The van der Waals surface area contributed by atoms with Crippen LogP contribution >= 0.6 is 0 Å². The molecule has 0 spiro atoms. The van der Waals surface area contributed by atoms with Crippen LogP contribution in [0.1, 0.15) is 22.5 Å². The van der Waals surface area contributed by atoms with Gasteiger partial charge < -0.3 is 5.11 Å². The highest BCUT2D eigenvalue weighted by Gasteiger charge is 2.10. The number of aryl methyl sites for hydroxylation is 3. The normalized spacial score (nSPS) is 10.7. The van der Waals surface area contributed by atoms with Gasteiger partial charge in [0.05, 0.1) is 0 Å². The maximum Gasteiger partial charge on any atom is 0.159 e. The van der Waals surface area contributed by atoms with Gasteiger partial charge in [-0.2, -0.15) is 0 Å². The van der Waals surface area contributed by atoms with Gasteiger partial charge in [-0.3, -0.25) is 0 Å². The molecule has 18 heavy (non-hydrogen) atoms. The summed E-state index contributed by atoms with van der Waals surface area (Å²) in [7, 11) is 0. The summed E-state index contributed by atoms with van der Waals surface area (Å²) in [5, 5.41) is 9.04. The van der Waals surface area contributed by atoms with Gasteiger partial charge in [-0.05, 0) is 38.3 Å². The number of aliphatic hydroxyl groups is 1. The Morgan fingerprint density at radius 3 is 2.17 bits per heavy atom. The Balaban J connectivity index is 2.52. The predicted molar refractivity (Wildman–Crippen MR) is 72.5 cm³/mol. The lowest BCUT2D eigenvalue weighted by Gasteiger charge is -2.11. The van der Waals surface area contributed by atoms with E-state index in [1.807, 2.05) is 32.0 Å². The van der Waals surface area contributed by atoms with Crippen molar-refractivity contribution in [2.24, 2.45) is 0 Å². The highest BCUT2D eigenvalue weighted by molar-refractivity contribution is 5.60. The third-order valence-electron chi connectivity index (χ3n) is 3.17. The van der Waals surface area contributed by atoms with E-state index in [1.54, 1.807) is 0 Å². The van der Waals surface area contributed by atoms with Crippen LogP contribution in [-0.4, -0.2) is 21.7 Å². The van der Waals surface area contributed by atoms with Crippen molar-refractivity contribution in [1.29, 1.82) is 0 Å². The molecule has 94 valence electrons. The third-order valence-corrected chi connectivity index (χ3v) is 3.17. The lowest BCUT2D eigenvalue weighted by atomic mass is 10.1.